The van der Waals surface area contributed by atoms with Crippen molar-refractivity contribution >= 4 is 17.5 Å². The molecule has 0 aliphatic rings. The van der Waals surface area contributed by atoms with Crippen molar-refractivity contribution in [3.63, 3.8) is 0 Å². The molecule has 1 aromatic rings. The molecule has 0 spiro atoms. The van der Waals surface area contributed by atoms with Crippen molar-refractivity contribution in [2.45, 2.75) is 20.8 Å². The third-order valence-corrected chi connectivity index (χ3v) is 3.52. The van der Waals surface area contributed by atoms with Crippen molar-refractivity contribution < 1.29 is 9.53 Å². The summed E-state index contributed by atoms with van der Waals surface area (Å²) in [5.74, 6) is 3.15. The molecule has 0 aromatic heterocycles. The van der Waals surface area contributed by atoms with Gasteiger partial charge in [0.2, 0.25) is 0 Å². The quantitative estimate of drug-likeness (QED) is 0.693. The van der Waals surface area contributed by atoms with E-state index < -0.39 is 0 Å². The molecule has 0 heterocycles. The molecule has 2 nitrogen and oxygen atoms in total. The fourth-order valence-corrected chi connectivity index (χ4v) is 2.34. The maximum absolute atomic E-state index is 11.9. The molecular weight excluding hydrogens is 232 g/mol. The van der Waals surface area contributed by atoms with E-state index in [9.17, 15) is 4.79 Å². The van der Waals surface area contributed by atoms with Gasteiger partial charge in [-0.3, -0.25) is 4.79 Å². The molecule has 0 saturated carbocycles. The molecule has 0 atom stereocenters. The smallest absolute Gasteiger partial charge is 0.172 e. The first-order valence-corrected chi connectivity index (χ1v) is 7.12. The number of Topliss-reactive ketones (excluding diaryl/α,β-unsaturated/α-hetero) is 1. The molecule has 17 heavy (non-hydrogen) atoms. The molecule has 0 aliphatic heterocycles. The summed E-state index contributed by atoms with van der Waals surface area (Å²) in [6.45, 7) is 6.88. The van der Waals surface area contributed by atoms with Crippen LogP contribution in [-0.2, 0) is 0 Å². The van der Waals surface area contributed by atoms with Gasteiger partial charge >= 0.3 is 0 Å². The molecule has 0 aliphatic carbocycles. The standard InChI is InChI=1S/C14H20O2S/c1-4-16-13-7-5-6-12(8-13)14(15)10-17-9-11(2)3/h5-8,11H,4,9-10H2,1-3H3. The van der Waals surface area contributed by atoms with Crippen LogP contribution in [0.1, 0.15) is 31.1 Å². The zero-order valence-electron chi connectivity index (χ0n) is 10.7. The Morgan fingerprint density at radius 1 is 1.41 bits per heavy atom. The minimum Gasteiger partial charge on any atom is -0.494 e. The maximum atomic E-state index is 11.9. The van der Waals surface area contributed by atoms with Crippen LogP contribution in [0.25, 0.3) is 0 Å². The summed E-state index contributed by atoms with van der Waals surface area (Å²) >= 11 is 1.69. The van der Waals surface area contributed by atoms with Crippen molar-refractivity contribution in [1.29, 1.82) is 0 Å². The molecule has 0 bridgehead atoms. The first kappa shape index (κ1) is 14.1. The van der Waals surface area contributed by atoms with Crippen molar-refractivity contribution in [3.05, 3.63) is 29.8 Å². The highest BCUT2D eigenvalue weighted by Gasteiger charge is 2.07. The average molecular weight is 252 g/mol. The maximum Gasteiger partial charge on any atom is 0.172 e. The lowest BCUT2D eigenvalue weighted by Gasteiger charge is -2.06. The monoisotopic (exact) mass is 252 g/mol. The Balaban J connectivity index is 2.53. The van der Waals surface area contributed by atoms with Crippen LogP contribution in [0.4, 0.5) is 0 Å². The Bertz CT molecular complexity index is 361. The van der Waals surface area contributed by atoms with E-state index in [-0.39, 0.29) is 5.78 Å². The molecule has 0 radical (unpaired) electrons. The first-order valence-electron chi connectivity index (χ1n) is 5.97. The van der Waals surface area contributed by atoms with Crippen molar-refractivity contribution in [2.24, 2.45) is 5.92 Å². The van der Waals surface area contributed by atoms with E-state index in [1.54, 1.807) is 11.8 Å². The van der Waals surface area contributed by atoms with E-state index in [1.165, 1.54) is 0 Å². The van der Waals surface area contributed by atoms with Crippen LogP contribution in [0.5, 0.6) is 5.75 Å². The number of carbonyl (C=O) groups is 1. The van der Waals surface area contributed by atoms with Crippen LogP contribution in [-0.4, -0.2) is 23.9 Å². The highest BCUT2D eigenvalue weighted by Crippen LogP contribution is 2.16. The Labute approximate surface area is 108 Å². The van der Waals surface area contributed by atoms with Crippen LogP contribution in [0.2, 0.25) is 0 Å². The van der Waals surface area contributed by atoms with Crippen LogP contribution >= 0.6 is 11.8 Å². The van der Waals surface area contributed by atoms with E-state index in [1.807, 2.05) is 31.2 Å². The molecule has 0 N–H and O–H groups in total. The number of benzene rings is 1. The van der Waals surface area contributed by atoms with E-state index in [2.05, 4.69) is 13.8 Å². The molecular formula is C14H20O2S. The third kappa shape index (κ3) is 5.26. The predicted octanol–water partition coefficient (Wildman–Crippen LogP) is 3.66. The summed E-state index contributed by atoms with van der Waals surface area (Å²) < 4.78 is 5.38. The van der Waals surface area contributed by atoms with Crippen molar-refractivity contribution in [3.8, 4) is 5.75 Å². The molecule has 3 heteroatoms. The fourth-order valence-electron chi connectivity index (χ4n) is 1.40. The first-order chi connectivity index (χ1) is 8.13. The van der Waals surface area contributed by atoms with Crippen molar-refractivity contribution in [1.82, 2.24) is 0 Å². The number of ether oxygens (including phenoxy) is 1. The largest absolute Gasteiger partial charge is 0.494 e. The summed E-state index contributed by atoms with van der Waals surface area (Å²) in [6.07, 6.45) is 0. The molecule has 1 aromatic carbocycles. The third-order valence-electron chi connectivity index (χ3n) is 2.15. The van der Waals surface area contributed by atoms with E-state index in [0.717, 1.165) is 17.1 Å². The summed E-state index contributed by atoms with van der Waals surface area (Å²) in [6, 6.07) is 7.41. The van der Waals surface area contributed by atoms with Gasteiger partial charge in [0.05, 0.1) is 12.4 Å². The van der Waals surface area contributed by atoms with Gasteiger partial charge < -0.3 is 4.74 Å². The van der Waals surface area contributed by atoms with E-state index in [0.29, 0.717) is 18.3 Å². The van der Waals surface area contributed by atoms with E-state index in [4.69, 9.17) is 4.74 Å². The number of thioether (sulfide) groups is 1. The topological polar surface area (TPSA) is 26.3 Å². The molecule has 94 valence electrons. The van der Waals surface area contributed by atoms with Gasteiger partial charge in [0, 0.05) is 5.56 Å². The second kappa shape index (κ2) is 7.38. The van der Waals surface area contributed by atoms with Gasteiger partial charge in [0.15, 0.2) is 5.78 Å². The van der Waals surface area contributed by atoms with E-state index >= 15 is 0 Å². The zero-order chi connectivity index (χ0) is 12.7. The lowest BCUT2D eigenvalue weighted by molar-refractivity contribution is 0.102. The number of ketones is 1. The predicted molar refractivity (Wildman–Crippen MR) is 74.1 cm³/mol. The molecule has 0 saturated heterocycles. The number of hydrogen-bond donors (Lipinski definition) is 0. The van der Waals surface area contributed by atoms with Crippen LogP contribution in [0, 0.1) is 5.92 Å². The number of carbonyl (C=O) groups excluding carboxylic acids is 1. The van der Waals surface area contributed by atoms with Gasteiger partial charge in [-0.25, -0.2) is 0 Å². The lowest BCUT2D eigenvalue weighted by atomic mass is 10.1. The highest BCUT2D eigenvalue weighted by molar-refractivity contribution is 7.99. The molecule has 0 fully saturated rings. The summed E-state index contributed by atoms with van der Waals surface area (Å²) in [7, 11) is 0. The van der Waals surface area contributed by atoms with Gasteiger partial charge in [-0.2, -0.15) is 11.8 Å². The second-order valence-electron chi connectivity index (χ2n) is 4.29. The molecule has 0 unspecified atom stereocenters. The van der Waals surface area contributed by atoms with Gasteiger partial charge in [-0.15, -0.1) is 0 Å². The lowest BCUT2D eigenvalue weighted by Crippen LogP contribution is -2.05. The molecule has 0 amide bonds. The fraction of sp³-hybridized carbons (Fsp3) is 0.500. The summed E-state index contributed by atoms with van der Waals surface area (Å²) in [5, 5.41) is 0. The Hall–Kier alpha value is -0.960. The average Bonchev–Trinajstić information content (AvgIpc) is 2.29. The zero-order valence-corrected chi connectivity index (χ0v) is 11.5. The second-order valence-corrected chi connectivity index (χ2v) is 5.32. The van der Waals surface area contributed by atoms with Crippen LogP contribution in [0.15, 0.2) is 24.3 Å². The minimum absolute atomic E-state index is 0.178. The minimum atomic E-state index is 0.178. The highest BCUT2D eigenvalue weighted by atomic mass is 32.2. The molecule has 1 rings (SSSR count). The van der Waals surface area contributed by atoms with Crippen molar-refractivity contribution in [2.75, 3.05) is 18.1 Å². The van der Waals surface area contributed by atoms with Crippen LogP contribution < -0.4 is 4.74 Å². The van der Waals surface area contributed by atoms with Gasteiger partial charge in [0.25, 0.3) is 0 Å². The normalized spacial score (nSPS) is 10.6. The number of hydrogen-bond acceptors (Lipinski definition) is 3. The van der Waals surface area contributed by atoms with Gasteiger partial charge in [-0.1, -0.05) is 26.0 Å². The summed E-state index contributed by atoms with van der Waals surface area (Å²) in [4.78, 5) is 11.9. The Kier molecular flexibility index (Phi) is 6.12. The van der Waals surface area contributed by atoms with Crippen LogP contribution in [0.3, 0.4) is 0 Å². The summed E-state index contributed by atoms with van der Waals surface area (Å²) in [5.41, 5.74) is 0.743. The van der Waals surface area contributed by atoms with Gasteiger partial charge in [0.1, 0.15) is 5.75 Å². The Morgan fingerprint density at radius 3 is 2.82 bits per heavy atom. The SMILES string of the molecule is CCOc1cccc(C(=O)CSCC(C)C)c1. The van der Waals surface area contributed by atoms with Gasteiger partial charge in [-0.05, 0) is 30.7 Å². The Morgan fingerprint density at radius 2 is 2.18 bits per heavy atom. The number of rotatable bonds is 7.